The summed E-state index contributed by atoms with van der Waals surface area (Å²) in [6.45, 7) is 7.30. The van der Waals surface area contributed by atoms with Crippen molar-refractivity contribution >= 4 is 17.3 Å². The summed E-state index contributed by atoms with van der Waals surface area (Å²) in [5, 5.41) is 10.8. The van der Waals surface area contributed by atoms with Crippen LogP contribution in [-0.2, 0) is 21.5 Å². The molecular formula is C25H33F3N2O3S. The highest BCUT2D eigenvalue weighted by Crippen LogP contribution is 2.49. The molecule has 0 bridgehead atoms. The lowest BCUT2D eigenvalue weighted by atomic mass is 9.68. The highest BCUT2D eigenvalue weighted by atomic mass is 32.1. The van der Waals surface area contributed by atoms with Gasteiger partial charge in [-0.2, -0.15) is 13.2 Å². The Balaban J connectivity index is 0.000000406. The van der Waals surface area contributed by atoms with Gasteiger partial charge in [0.05, 0.1) is 5.60 Å². The second-order valence-electron chi connectivity index (χ2n) is 9.35. The van der Waals surface area contributed by atoms with Gasteiger partial charge in [0.15, 0.2) is 0 Å². The molecule has 1 saturated carbocycles. The maximum absolute atomic E-state index is 10.6. The number of nitrogens with one attached hydrogen (secondary N) is 1. The number of carboxylic acids is 1. The number of carbonyl (C=O) groups is 1. The number of pyridine rings is 1. The first kappa shape index (κ1) is 26.6. The van der Waals surface area contributed by atoms with Crippen LogP contribution >= 0.6 is 11.3 Å². The maximum Gasteiger partial charge on any atom is 0.490 e. The molecule has 1 aliphatic heterocycles. The van der Waals surface area contributed by atoms with Crippen LogP contribution in [0.3, 0.4) is 0 Å². The van der Waals surface area contributed by atoms with E-state index >= 15 is 0 Å². The number of rotatable bonds is 6. The zero-order valence-corrected chi connectivity index (χ0v) is 20.5. The monoisotopic (exact) mass is 498 g/mol. The molecular weight excluding hydrogens is 465 g/mol. The Bertz CT molecular complexity index is 943. The van der Waals surface area contributed by atoms with Gasteiger partial charge < -0.3 is 15.2 Å². The molecule has 2 aromatic heterocycles. The van der Waals surface area contributed by atoms with Crippen molar-refractivity contribution < 1.29 is 27.8 Å². The summed E-state index contributed by atoms with van der Waals surface area (Å²) in [6.07, 6.45) is 5.31. The summed E-state index contributed by atoms with van der Waals surface area (Å²) in [4.78, 5) is 16.6. The molecule has 1 spiro atoms. The van der Waals surface area contributed by atoms with Crippen LogP contribution in [0.15, 0.2) is 30.5 Å². The first-order valence-electron chi connectivity index (χ1n) is 11.7. The minimum absolute atomic E-state index is 0.108. The first-order valence-corrected chi connectivity index (χ1v) is 12.5. The lowest BCUT2D eigenvalue weighted by Gasteiger charge is -2.46. The average molecular weight is 499 g/mol. The van der Waals surface area contributed by atoms with Crippen molar-refractivity contribution in [3.05, 3.63) is 51.5 Å². The molecule has 5 nitrogen and oxygen atoms in total. The molecule has 2 N–H and O–H groups in total. The largest absolute Gasteiger partial charge is 0.490 e. The number of ether oxygens (including phenoxy) is 1. The zero-order chi connectivity index (χ0) is 24.8. The van der Waals surface area contributed by atoms with Crippen molar-refractivity contribution in [1.82, 2.24) is 10.3 Å². The SMILES string of the molecule is Cc1cc(C)c(CNCC[C@@]2(c3ccccn3)CCOC3(CCCC3)C2)s1.O=C(O)C(F)(F)F. The van der Waals surface area contributed by atoms with E-state index in [0.29, 0.717) is 0 Å². The smallest absolute Gasteiger partial charge is 0.475 e. The molecule has 0 radical (unpaired) electrons. The van der Waals surface area contributed by atoms with Gasteiger partial charge in [0, 0.05) is 40.2 Å². The molecule has 2 aliphatic rings. The van der Waals surface area contributed by atoms with Crippen molar-refractivity contribution in [2.75, 3.05) is 13.2 Å². The summed E-state index contributed by atoms with van der Waals surface area (Å²) in [5.41, 5.74) is 2.94. The van der Waals surface area contributed by atoms with Crippen LogP contribution in [0.2, 0.25) is 0 Å². The molecule has 188 valence electrons. The number of carboxylic acid groups (broad SMARTS) is 1. The Kier molecular flexibility index (Phi) is 8.76. The summed E-state index contributed by atoms with van der Waals surface area (Å²) in [6, 6.07) is 8.70. The minimum atomic E-state index is -5.08. The van der Waals surface area contributed by atoms with Crippen molar-refractivity contribution in [2.24, 2.45) is 0 Å². The number of aliphatic carboxylic acids is 1. The second-order valence-corrected chi connectivity index (χ2v) is 10.7. The van der Waals surface area contributed by atoms with Crippen molar-refractivity contribution in [3.8, 4) is 0 Å². The molecule has 3 heterocycles. The summed E-state index contributed by atoms with van der Waals surface area (Å²) in [7, 11) is 0. The molecule has 0 aromatic carbocycles. The van der Waals surface area contributed by atoms with Crippen LogP contribution in [0.5, 0.6) is 0 Å². The molecule has 1 saturated heterocycles. The van der Waals surface area contributed by atoms with Crippen LogP contribution < -0.4 is 5.32 Å². The lowest BCUT2D eigenvalue weighted by molar-refractivity contribution is -0.192. The zero-order valence-electron chi connectivity index (χ0n) is 19.7. The van der Waals surface area contributed by atoms with E-state index in [0.717, 1.165) is 39.0 Å². The van der Waals surface area contributed by atoms with Gasteiger partial charge in [-0.3, -0.25) is 4.98 Å². The van der Waals surface area contributed by atoms with E-state index in [4.69, 9.17) is 19.6 Å². The number of aromatic nitrogens is 1. The van der Waals surface area contributed by atoms with Crippen LogP contribution in [0.4, 0.5) is 13.2 Å². The number of nitrogens with zero attached hydrogens (tertiary/aromatic N) is 1. The Morgan fingerprint density at radius 3 is 2.50 bits per heavy atom. The van der Waals surface area contributed by atoms with Crippen LogP contribution in [0, 0.1) is 13.8 Å². The van der Waals surface area contributed by atoms with Crippen LogP contribution in [-0.4, -0.2) is 41.0 Å². The third kappa shape index (κ3) is 6.79. The van der Waals surface area contributed by atoms with E-state index in [-0.39, 0.29) is 11.0 Å². The standard InChI is InChI=1S/C23H32N2OS.C2HF3O2/c1-18-15-19(2)27-20(18)16-24-13-10-22(21-7-3-6-12-25-21)11-14-26-23(17-22)8-4-5-9-23;3-2(4,5)1(6)7/h3,6-7,12,15,24H,4-5,8-11,13-14,16-17H2,1-2H3;(H,6,7)/t22-;/m1./s1. The van der Waals surface area contributed by atoms with Gasteiger partial charge in [0.25, 0.3) is 0 Å². The van der Waals surface area contributed by atoms with E-state index < -0.39 is 12.1 Å². The minimum Gasteiger partial charge on any atom is -0.475 e. The fourth-order valence-electron chi connectivity index (χ4n) is 5.19. The second kappa shape index (κ2) is 11.2. The van der Waals surface area contributed by atoms with Crippen molar-refractivity contribution in [2.45, 2.75) is 82.5 Å². The number of thiophene rings is 1. The lowest BCUT2D eigenvalue weighted by Crippen LogP contribution is -2.47. The Hall–Kier alpha value is -1.97. The number of alkyl halides is 3. The summed E-state index contributed by atoms with van der Waals surface area (Å²) >= 11 is 1.92. The quantitative estimate of drug-likeness (QED) is 0.483. The highest BCUT2D eigenvalue weighted by molar-refractivity contribution is 7.12. The van der Waals surface area contributed by atoms with Crippen LogP contribution in [0.25, 0.3) is 0 Å². The van der Waals surface area contributed by atoms with Crippen molar-refractivity contribution in [1.29, 1.82) is 0 Å². The Labute approximate surface area is 202 Å². The molecule has 0 unspecified atom stereocenters. The fraction of sp³-hybridized carbons (Fsp3) is 0.600. The van der Waals surface area contributed by atoms with Gasteiger partial charge in [-0.25, -0.2) is 4.79 Å². The highest BCUT2D eigenvalue weighted by Gasteiger charge is 2.48. The van der Waals surface area contributed by atoms with Gasteiger partial charge in [0.2, 0.25) is 0 Å². The predicted molar refractivity (Wildman–Crippen MR) is 126 cm³/mol. The Morgan fingerprint density at radius 2 is 1.94 bits per heavy atom. The molecule has 1 aliphatic carbocycles. The third-order valence-corrected chi connectivity index (χ3v) is 7.98. The molecule has 9 heteroatoms. The molecule has 2 fully saturated rings. The van der Waals surface area contributed by atoms with E-state index in [1.54, 1.807) is 0 Å². The summed E-state index contributed by atoms with van der Waals surface area (Å²) < 4.78 is 38.1. The number of aryl methyl sites for hydroxylation is 2. The number of hydrogen-bond donors (Lipinski definition) is 2. The van der Waals surface area contributed by atoms with Gasteiger partial charge >= 0.3 is 12.1 Å². The van der Waals surface area contributed by atoms with E-state index in [1.807, 2.05) is 23.6 Å². The first-order chi connectivity index (χ1) is 16.1. The average Bonchev–Trinajstić information content (AvgIpc) is 3.36. The van der Waals surface area contributed by atoms with E-state index in [9.17, 15) is 13.2 Å². The molecule has 1 atom stereocenters. The predicted octanol–water partition coefficient (Wildman–Crippen LogP) is 5.93. The van der Waals surface area contributed by atoms with Gasteiger partial charge in [-0.15, -0.1) is 11.3 Å². The van der Waals surface area contributed by atoms with Gasteiger partial charge in [0.1, 0.15) is 0 Å². The molecule has 4 rings (SSSR count). The van der Waals surface area contributed by atoms with Gasteiger partial charge in [-0.05, 0) is 76.3 Å². The van der Waals surface area contributed by atoms with Crippen LogP contribution in [0.1, 0.15) is 66.0 Å². The van der Waals surface area contributed by atoms with Gasteiger partial charge in [-0.1, -0.05) is 18.9 Å². The molecule has 34 heavy (non-hydrogen) atoms. The molecule has 2 aromatic rings. The maximum atomic E-state index is 10.6. The van der Waals surface area contributed by atoms with E-state index in [1.165, 1.54) is 46.7 Å². The van der Waals surface area contributed by atoms with Crippen molar-refractivity contribution in [3.63, 3.8) is 0 Å². The molecule has 0 amide bonds. The number of halogens is 3. The summed E-state index contributed by atoms with van der Waals surface area (Å²) in [5.74, 6) is -2.76. The van der Waals surface area contributed by atoms with E-state index in [2.05, 4.69) is 37.4 Å². The normalized spacial score (nSPS) is 21.8. The topological polar surface area (TPSA) is 71.5 Å². The number of hydrogen-bond acceptors (Lipinski definition) is 5. The third-order valence-electron chi connectivity index (χ3n) is 6.82. The Morgan fingerprint density at radius 1 is 1.24 bits per heavy atom. The fourth-order valence-corrected chi connectivity index (χ4v) is 6.21.